The summed E-state index contributed by atoms with van der Waals surface area (Å²) in [5.74, 6) is -1.42. The average molecular weight is 187 g/mol. The minimum atomic E-state index is -1.09. The van der Waals surface area contributed by atoms with E-state index in [9.17, 15) is 9.59 Å². The Morgan fingerprint density at radius 2 is 2.08 bits per heavy atom. The lowest BCUT2D eigenvalue weighted by atomic mass is 10.2. The molecule has 0 aromatic carbocycles. The van der Waals surface area contributed by atoms with E-state index >= 15 is 0 Å². The minimum Gasteiger partial charge on any atom is -0.375 e. The van der Waals surface area contributed by atoms with Crippen molar-refractivity contribution in [3.05, 3.63) is 12.7 Å². The number of nitrogens with one attached hydrogen (secondary N) is 1. The van der Waals surface area contributed by atoms with E-state index in [1.54, 1.807) is 0 Å². The summed E-state index contributed by atoms with van der Waals surface area (Å²) in [7, 11) is 0. The highest BCUT2D eigenvalue weighted by atomic mass is 16.3. The molecule has 0 aromatic rings. The van der Waals surface area contributed by atoms with Crippen LogP contribution in [0.1, 0.15) is 6.42 Å². The number of rotatable bonds is 6. The first-order valence-electron chi connectivity index (χ1n) is 3.61. The van der Waals surface area contributed by atoms with Crippen molar-refractivity contribution in [2.24, 2.45) is 11.5 Å². The summed E-state index contributed by atoms with van der Waals surface area (Å²) in [5.41, 5.74) is 9.79. The summed E-state index contributed by atoms with van der Waals surface area (Å²) in [6, 6.07) is -0.967. The molecule has 0 heterocycles. The third kappa shape index (κ3) is 4.94. The van der Waals surface area contributed by atoms with E-state index in [4.69, 9.17) is 16.6 Å². The molecule has 74 valence electrons. The van der Waals surface area contributed by atoms with Gasteiger partial charge in [-0.3, -0.25) is 14.9 Å². The third-order valence-corrected chi connectivity index (χ3v) is 1.34. The van der Waals surface area contributed by atoms with Gasteiger partial charge in [-0.15, -0.1) is 0 Å². The number of nitrogens with two attached hydrogens (primary N) is 2. The molecule has 0 aliphatic rings. The van der Waals surface area contributed by atoms with Crippen LogP contribution in [0, 0.1) is 0 Å². The van der Waals surface area contributed by atoms with Gasteiger partial charge < -0.3 is 16.6 Å². The Labute approximate surface area is 75.6 Å². The first-order chi connectivity index (χ1) is 5.97. The van der Waals surface area contributed by atoms with Crippen molar-refractivity contribution in [3.63, 3.8) is 0 Å². The molecular weight excluding hydrogens is 174 g/mol. The van der Waals surface area contributed by atoms with Crippen molar-refractivity contribution in [1.82, 2.24) is 5.32 Å². The molecule has 0 radical (unpaired) electrons. The molecule has 6 N–H and O–H groups in total. The lowest BCUT2D eigenvalue weighted by Crippen LogP contribution is -2.47. The maximum atomic E-state index is 10.7. The number of amides is 2. The van der Waals surface area contributed by atoms with Crippen LogP contribution < -0.4 is 16.8 Å². The number of aliphatic hydroxyl groups is 1. The second-order valence-corrected chi connectivity index (χ2v) is 2.47. The Kier molecular flexibility index (Phi) is 4.71. The SMILES string of the molecule is C=CC(O)NC(CC(N)=O)C(N)=O. The second-order valence-electron chi connectivity index (χ2n) is 2.47. The number of carbonyl (C=O) groups excluding carboxylic acids is 2. The maximum Gasteiger partial charge on any atom is 0.235 e. The van der Waals surface area contributed by atoms with Crippen LogP contribution >= 0.6 is 0 Å². The minimum absolute atomic E-state index is 0.250. The van der Waals surface area contributed by atoms with Crippen molar-refractivity contribution >= 4 is 11.8 Å². The Hall–Kier alpha value is -1.40. The van der Waals surface area contributed by atoms with Crippen molar-refractivity contribution in [2.45, 2.75) is 18.7 Å². The number of primary amides is 2. The van der Waals surface area contributed by atoms with Crippen LogP contribution in [-0.2, 0) is 9.59 Å². The first-order valence-corrected chi connectivity index (χ1v) is 3.61. The summed E-state index contributed by atoms with van der Waals surface area (Å²) in [4.78, 5) is 21.1. The van der Waals surface area contributed by atoms with E-state index < -0.39 is 24.1 Å². The van der Waals surface area contributed by atoms with Crippen LogP contribution in [0.3, 0.4) is 0 Å². The predicted molar refractivity (Wildman–Crippen MR) is 46.1 cm³/mol. The average Bonchev–Trinajstić information content (AvgIpc) is 2.02. The maximum absolute atomic E-state index is 10.7. The van der Waals surface area contributed by atoms with Gasteiger partial charge in [0, 0.05) is 0 Å². The highest BCUT2D eigenvalue weighted by Gasteiger charge is 2.19. The molecule has 13 heavy (non-hydrogen) atoms. The van der Waals surface area contributed by atoms with E-state index in [-0.39, 0.29) is 6.42 Å². The molecule has 0 aromatic heterocycles. The van der Waals surface area contributed by atoms with Crippen molar-refractivity contribution in [1.29, 1.82) is 0 Å². The number of aliphatic hydroxyl groups excluding tert-OH is 1. The van der Waals surface area contributed by atoms with Crippen LogP contribution in [0.2, 0.25) is 0 Å². The van der Waals surface area contributed by atoms with Gasteiger partial charge in [0.15, 0.2) is 0 Å². The molecule has 6 heteroatoms. The van der Waals surface area contributed by atoms with Crippen molar-refractivity contribution < 1.29 is 14.7 Å². The second kappa shape index (κ2) is 5.28. The molecule has 2 atom stereocenters. The van der Waals surface area contributed by atoms with Gasteiger partial charge in [0.1, 0.15) is 6.23 Å². The summed E-state index contributed by atoms with van der Waals surface area (Å²) in [5, 5.41) is 11.4. The fraction of sp³-hybridized carbons (Fsp3) is 0.429. The summed E-state index contributed by atoms with van der Waals surface area (Å²) < 4.78 is 0. The topological polar surface area (TPSA) is 118 Å². The van der Waals surface area contributed by atoms with Crippen LogP contribution in [0.25, 0.3) is 0 Å². The Balaban J connectivity index is 4.17. The highest BCUT2D eigenvalue weighted by Crippen LogP contribution is 1.92. The fourth-order valence-corrected chi connectivity index (χ4v) is 0.717. The molecule has 0 spiro atoms. The predicted octanol–water partition coefficient (Wildman–Crippen LogP) is -2.19. The third-order valence-electron chi connectivity index (χ3n) is 1.34. The van der Waals surface area contributed by atoms with Crippen LogP contribution in [0.15, 0.2) is 12.7 Å². The molecule has 0 aliphatic carbocycles. The zero-order valence-electron chi connectivity index (χ0n) is 7.06. The van der Waals surface area contributed by atoms with Gasteiger partial charge in [0.2, 0.25) is 11.8 Å². The summed E-state index contributed by atoms with van der Waals surface area (Å²) in [6.07, 6.45) is -0.172. The largest absolute Gasteiger partial charge is 0.375 e. The molecule has 2 amide bonds. The van der Waals surface area contributed by atoms with E-state index in [1.807, 2.05) is 0 Å². The van der Waals surface area contributed by atoms with Crippen LogP contribution in [0.4, 0.5) is 0 Å². The van der Waals surface area contributed by atoms with Crippen LogP contribution in [0.5, 0.6) is 0 Å². The van der Waals surface area contributed by atoms with Gasteiger partial charge in [0.05, 0.1) is 12.5 Å². The summed E-state index contributed by atoms with van der Waals surface area (Å²) >= 11 is 0. The number of hydrogen-bond acceptors (Lipinski definition) is 4. The van der Waals surface area contributed by atoms with E-state index in [2.05, 4.69) is 11.9 Å². The standard InChI is InChI=1S/C7H13N3O3/c1-2-6(12)10-4(7(9)13)3-5(8)11/h2,4,6,10,12H,1,3H2,(H2,8,11)(H2,9,13). The fourth-order valence-electron chi connectivity index (χ4n) is 0.717. The molecular formula is C7H13N3O3. The van der Waals surface area contributed by atoms with Crippen LogP contribution in [-0.4, -0.2) is 29.2 Å². The molecule has 6 nitrogen and oxygen atoms in total. The monoisotopic (exact) mass is 187 g/mol. The van der Waals surface area contributed by atoms with Gasteiger partial charge in [-0.2, -0.15) is 0 Å². The van der Waals surface area contributed by atoms with Crippen molar-refractivity contribution in [3.8, 4) is 0 Å². The number of hydrogen-bond donors (Lipinski definition) is 4. The Bertz CT molecular complexity index is 217. The molecule has 0 aliphatic heterocycles. The Morgan fingerprint density at radius 3 is 2.38 bits per heavy atom. The number of carbonyl (C=O) groups is 2. The Morgan fingerprint density at radius 1 is 1.54 bits per heavy atom. The smallest absolute Gasteiger partial charge is 0.235 e. The lowest BCUT2D eigenvalue weighted by molar-refractivity contribution is -0.125. The molecule has 0 rings (SSSR count). The van der Waals surface area contributed by atoms with Crippen molar-refractivity contribution in [2.75, 3.05) is 0 Å². The zero-order valence-corrected chi connectivity index (χ0v) is 7.06. The van der Waals surface area contributed by atoms with Gasteiger partial charge in [-0.05, 0) is 6.08 Å². The normalized spacial score (nSPS) is 14.5. The molecule has 0 bridgehead atoms. The lowest BCUT2D eigenvalue weighted by Gasteiger charge is -2.15. The molecule has 0 fully saturated rings. The quantitative estimate of drug-likeness (QED) is 0.279. The summed E-state index contributed by atoms with van der Waals surface area (Å²) in [6.45, 7) is 3.27. The zero-order chi connectivity index (χ0) is 10.4. The van der Waals surface area contributed by atoms with E-state index in [0.717, 1.165) is 6.08 Å². The molecule has 0 saturated heterocycles. The first kappa shape index (κ1) is 11.6. The van der Waals surface area contributed by atoms with Gasteiger partial charge >= 0.3 is 0 Å². The van der Waals surface area contributed by atoms with Gasteiger partial charge in [0.25, 0.3) is 0 Å². The molecule has 0 saturated carbocycles. The van der Waals surface area contributed by atoms with Gasteiger partial charge in [-0.25, -0.2) is 0 Å². The highest BCUT2D eigenvalue weighted by molar-refractivity contribution is 5.86. The van der Waals surface area contributed by atoms with E-state index in [0.29, 0.717) is 0 Å². The van der Waals surface area contributed by atoms with E-state index in [1.165, 1.54) is 0 Å². The van der Waals surface area contributed by atoms with Gasteiger partial charge in [-0.1, -0.05) is 6.58 Å². The molecule has 2 unspecified atom stereocenters.